The SMILES string of the molecule is Cc1cccnc1C1(F)CCN(C(N)=O)C(c2ccc(-c3ccccc3)cc2)C1. The van der Waals surface area contributed by atoms with E-state index in [1.54, 1.807) is 17.2 Å². The van der Waals surface area contributed by atoms with E-state index in [-0.39, 0.29) is 19.4 Å². The lowest BCUT2D eigenvalue weighted by molar-refractivity contribution is 0.0307. The number of hydrogen-bond acceptors (Lipinski definition) is 2. The molecule has 1 aromatic heterocycles. The predicted octanol–water partition coefficient (Wildman–Crippen LogP) is 5.14. The maximum atomic E-state index is 16.0. The van der Waals surface area contributed by atoms with Gasteiger partial charge in [-0.3, -0.25) is 4.98 Å². The maximum Gasteiger partial charge on any atom is 0.315 e. The summed E-state index contributed by atoms with van der Waals surface area (Å²) in [6, 6.07) is 20.7. The minimum atomic E-state index is -1.60. The molecule has 0 aliphatic carbocycles. The van der Waals surface area contributed by atoms with Gasteiger partial charge in [0.2, 0.25) is 0 Å². The lowest BCUT2D eigenvalue weighted by Crippen LogP contribution is -2.48. The summed E-state index contributed by atoms with van der Waals surface area (Å²) in [5.41, 5.74) is 8.35. The van der Waals surface area contributed by atoms with Crippen molar-refractivity contribution >= 4 is 6.03 Å². The number of rotatable bonds is 3. The number of pyridine rings is 1. The van der Waals surface area contributed by atoms with Gasteiger partial charge in [0, 0.05) is 25.6 Å². The third kappa shape index (κ3) is 3.73. The van der Waals surface area contributed by atoms with Crippen LogP contribution in [0.5, 0.6) is 0 Å². The molecule has 148 valence electrons. The highest BCUT2D eigenvalue weighted by molar-refractivity contribution is 5.73. The molecule has 29 heavy (non-hydrogen) atoms. The zero-order chi connectivity index (χ0) is 20.4. The minimum absolute atomic E-state index is 0.137. The molecule has 2 aromatic carbocycles. The zero-order valence-corrected chi connectivity index (χ0v) is 16.4. The Morgan fingerprint density at radius 3 is 2.41 bits per heavy atom. The number of benzene rings is 2. The third-order valence-electron chi connectivity index (χ3n) is 5.76. The summed E-state index contributed by atoms with van der Waals surface area (Å²) in [6.45, 7) is 2.13. The molecule has 0 spiro atoms. The normalized spacial score (nSPS) is 21.7. The number of primary amides is 1. The number of urea groups is 1. The van der Waals surface area contributed by atoms with Gasteiger partial charge in [0.05, 0.1) is 11.7 Å². The van der Waals surface area contributed by atoms with Crippen LogP contribution in [0.3, 0.4) is 0 Å². The second kappa shape index (κ2) is 7.66. The van der Waals surface area contributed by atoms with Crippen molar-refractivity contribution in [3.63, 3.8) is 0 Å². The van der Waals surface area contributed by atoms with Crippen molar-refractivity contribution < 1.29 is 9.18 Å². The highest BCUT2D eigenvalue weighted by atomic mass is 19.1. The van der Waals surface area contributed by atoms with Gasteiger partial charge in [-0.05, 0) is 35.2 Å². The number of nitrogens with two attached hydrogens (primary N) is 1. The summed E-state index contributed by atoms with van der Waals surface area (Å²) in [7, 11) is 0. The highest BCUT2D eigenvalue weighted by Crippen LogP contribution is 2.45. The van der Waals surface area contributed by atoms with Crippen molar-refractivity contribution in [1.82, 2.24) is 9.88 Å². The van der Waals surface area contributed by atoms with E-state index in [2.05, 4.69) is 4.98 Å². The Labute approximate surface area is 170 Å². The average molecular weight is 389 g/mol. The van der Waals surface area contributed by atoms with Crippen LogP contribution in [0.25, 0.3) is 11.1 Å². The standard InChI is InChI=1S/C24H24FN3O/c1-17-6-5-14-27-22(17)24(25)13-15-28(23(26)29)21(16-24)20-11-9-19(10-12-20)18-7-3-2-4-8-18/h2-12,14,21H,13,15-16H2,1H3,(H2,26,29). The van der Waals surface area contributed by atoms with Crippen molar-refractivity contribution in [3.05, 3.63) is 89.7 Å². The Bertz CT molecular complexity index is 1010. The summed E-state index contributed by atoms with van der Waals surface area (Å²) in [6.07, 6.45) is 1.94. The van der Waals surface area contributed by atoms with Gasteiger partial charge in [-0.2, -0.15) is 0 Å². The molecule has 4 rings (SSSR count). The molecule has 1 aliphatic rings. The number of alkyl halides is 1. The van der Waals surface area contributed by atoms with E-state index >= 15 is 4.39 Å². The van der Waals surface area contributed by atoms with E-state index in [1.165, 1.54) is 0 Å². The van der Waals surface area contributed by atoms with Gasteiger partial charge in [-0.1, -0.05) is 60.7 Å². The summed E-state index contributed by atoms with van der Waals surface area (Å²) < 4.78 is 16.0. The number of aryl methyl sites for hydroxylation is 1. The molecule has 1 fully saturated rings. The van der Waals surface area contributed by atoms with Gasteiger partial charge in [0.1, 0.15) is 0 Å². The lowest BCUT2D eigenvalue weighted by atomic mass is 9.81. The number of carbonyl (C=O) groups is 1. The molecule has 2 amide bonds. The smallest absolute Gasteiger partial charge is 0.315 e. The summed E-state index contributed by atoms with van der Waals surface area (Å²) in [5, 5.41) is 0. The van der Waals surface area contributed by atoms with Gasteiger partial charge in [-0.15, -0.1) is 0 Å². The molecule has 1 aliphatic heterocycles. The number of nitrogens with zero attached hydrogens (tertiary/aromatic N) is 2. The first-order chi connectivity index (χ1) is 14.0. The molecule has 2 heterocycles. The molecule has 5 heteroatoms. The van der Waals surface area contributed by atoms with Crippen LogP contribution < -0.4 is 5.73 Å². The van der Waals surface area contributed by atoms with Crippen LogP contribution in [0.2, 0.25) is 0 Å². The molecule has 3 aromatic rings. The molecular weight excluding hydrogens is 365 g/mol. The van der Waals surface area contributed by atoms with E-state index in [4.69, 9.17) is 5.73 Å². The van der Waals surface area contributed by atoms with Gasteiger partial charge < -0.3 is 10.6 Å². The van der Waals surface area contributed by atoms with Crippen molar-refractivity contribution in [3.8, 4) is 11.1 Å². The third-order valence-corrected chi connectivity index (χ3v) is 5.76. The van der Waals surface area contributed by atoms with Crippen molar-refractivity contribution in [2.75, 3.05) is 6.54 Å². The molecule has 0 bridgehead atoms. The van der Waals surface area contributed by atoms with Crippen LogP contribution in [-0.2, 0) is 5.67 Å². The number of aromatic nitrogens is 1. The summed E-state index contributed by atoms with van der Waals surface area (Å²) in [4.78, 5) is 17.9. The number of piperidine rings is 1. The van der Waals surface area contributed by atoms with Crippen LogP contribution in [0, 0.1) is 6.92 Å². The first-order valence-electron chi connectivity index (χ1n) is 9.80. The van der Waals surface area contributed by atoms with E-state index < -0.39 is 17.7 Å². The quantitative estimate of drug-likeness (QED) is 0.674. The number of amides is 2. The zero-order valence-electron chi connectivity index (χ0n) is 16.4. The van der Waals surface area contributed by atoms with Gasteiger partial charge >= 0.3 is 6.03 Å². The van der Waals surface area contributed by atoms with Crippen LogP contribution >= 0.6 is 0 Å². The second-order valence-corrected chi connectivity index (χ2v) is 7.62. The van der Waals surface area contributed by atoms with Crippen molar-refractivity contribution in [2.45, 2.75) is 31.5 Å². The van der Waals surface area contributed by atoms with Gasteiger partial charge in [-0.25, -0.2) is 9.18 Å². The topological polar surface area (TPSA) is 59.2 Å². The van der Waals surface area contributed by atoms with Crippen molar-refractivity contribution in [2.24, 2.45) is 5.73 Å². The Hall–Kier alpha value is -3.21. The number of likely N-dealkylation sites (tertiary alicyclic amines) is 1. The first kappa shape index (κ1) is 19.1. The predicted molar refractivity (Wildman–Crippen MR) is 112 cm³/mol. The maximum absolute atomic E-state index is 16.0. The molecular formula is C24H24FN3O. The van der Waals surface area contributed by atoms with Gasteiger partial charge in [0.25, 0.3) is 0 Å². The monoisotopic (exact) mass is 389 g/mol. The molecule has 2 N–H and O–H groups in total. The van der Waals surface area contributed by atoms with Crippen LogP contribution in [-0.4, -0.2) is 22.5 Å². The van der Waals surface area contributed by atoms with Crippen LogP contribution in [0.15, 0.2) is 72.9 Å². The Morgan fingerprint density at radius 2 is 1.76 bits per heavy atom. The fourth-order valence-electron chi connectivity index (χ4n) is 4.23. The van der Waals surface area contributed by atoms with E-state index in [1.807, 2.05) is 67.6 Å². The molecule has 2 unspecified atom stereocenters. The molecule has 1 saturated heterocycles. The van der Waals surface area contributed by atoms with Crippen LogP contribution in [0.1, 0.15) is 35.7 Å². The number of carbonyl (C=O) groups excluding carboxylic acids is 1. The van der Waals surface area contributed by atoms with E-state index in [0.717, 1.165) is 22.3 Å². The van der Waals surface area contributed by atoms with E-state index in [0.29, 0.717) is 5.69 Å². The first-order valence-corrected chi connectivity index (χ1v) is 9.80. The second-order valence-electron chi connectivity index (χ2n) is 7.62. The minimum Gasteiger partial charge on any atom is -0.351 e. The molecule has 0 radical (unpaired) electrons. The molecule has 2 atom stereocenters. The number of halogens is 1. The van der Waals surface area contributed by atoms with E-state index in [9.17, 15) is 4.79 Å². The highest BCUT2D eigenvalue weighted by Gasteiger charge is 2.44. The Kier molecular flexibility index (Phi) is 5.05. The lowest BCUT2D eigenvalue weighted by Gasteiger charge is -2.42. The summed E-state index contributed by atoms with van der Waals surface area (Å²) >= 11 is 0. The Morgan fingerprint density at radius 1 is 1.07 bits per heavy atom. The van der Waals surface area contributed by atoms with Gasteiger partial charge in [0.15, 0.2) is 5.67 Å². The van der Waals surface area contributed by atoms with Crippen molar-refractivity contribution in [1.29, 1.82) is 0 Å². The Balaban J connectivity index is 1.67. The molecule has 4 nitrogen and oxygen atoms in total. The fraction of sp³-hybridized carbons (Fsp3) is 0.250. The molecule has 0 saturated carbocycles. The fourth-order valence-corrected chi connectivity index (χ4v) is 4.23. The largest absolute Gasteiger partial charge is 0.351 e. The number of hydrogen-bond donors (Lipinski definition) is 1. The average Bonchev–Trinajstić information content (AvgIpc) is 2.74. The van der Waals surface area contributed by atoms with Crippen LogP contribution in [0.4, 0.5) is 9.18 Å². The summed E-state index contributed by atoms with van der Waals surface area (Å²) in [5.74, 6) is 0.